The van der Waals surface area contributed by atoms with E-state index in [1.54, 1.807) is 0 Å². The number of carbonyl (C=O) groups excluding carboxylic acids is 1. The van der Waals surface area contributed by atoms with Gasteiger partial charge in [0.2, 0.25) is 5.91 Å². The van der Waals surface area contributed by atoms with Crippen molar-refractivity contribution in [2.24, 2.45) is 5.92 Å². The highest BCUT2D eigenvalue weighted by Gasteiger charge is 2.44. The molecule has 0 bridgehead atoms. The van der Waals surface area contributed by atoms with E-state index in [9.17, 15) is 9.90 Å². The number of fused-ring (bicyclic) bond motifs is 1. The van der Waals surface area contributed by atoms with Crippen LogP contribution in [0.1, 0.15) is 29.0 Å². The summed E-state index contributed by atoms with van der Waals surface area (Å²) in [6.07, 6.45) is 0.892. The number of hydrogen-bond acceptors (Lipinski definition) is 2. The molecule has 1 aliphatic rings. The molecule has 0 heterocycles. The topological polar surface area (TPSA) is 49.3 Å². The van der Waals surface area contributed by atoms with Crippen molar-refractivity contribution in [2.75, 3.05) is 5.32 Å². The van der Waals surface area contributed by atoms with Crippen LogP contribution in [0.3, 0.4) is 0 Å². The molecule has 0 spiro atoms. The summed E-state index contributed by atoms with van der Waals surface area (Å²) in [6, 6.07) is 20.4. The van der Waals surface area contributed by atoms with E-state index in [4.69, 9.17) is 0 Å². The number of rotatable bonds is 4. The highest BCUT2D eigenvalue weighted by atomic mass is 16.3. The summed E-state index contributed by atoms with van der Waals surface area (Å²) in [5, 5.41) is 14.8. The average molecular weight is 331 g/mol. The van der Waals surface area contributed by atoms with Gasteiger partial charge >= 0.3 is 0 Å². The lowest BCUT2D eigenvalue weighted by Gasteiger charge is -2.10. The Morgan fingerprint density at radius 3 is 2.68 bits per heavy atom. The minimum absolute atomic E-state index is 0.0215. The molecule has 3 aromatic rings. The zero-order valence-electron chi connectivity index (χ0n) is 14.2. The summed E-state index contributed by atoms with van der Waals surface area (Å²) in [5.74, 6) is 0.389. The lowest BCUT2D eigenvalue weighted by atomic mass is 10.0. The van der Waals surface area contributed by atoms with Gasteiger partial charge in [-0.2, -0.15) is 0 Å². The third-order valence-electron chi connectivity index (χ3n) is 5.07. The van der Waals surface area contributed by atoms with Crippen molar-refractivity contribution in [2.45, 2.75) is 25.9 Å². The van der Waals surface area contributed by atoms with E-state index >= 15 is 0 Å². The summed E-state index contributed by atoms with van der Waals surface area (Å²) in [5.41, 5.74) is 3.84. The predicted molar refractivity (Wildman–Crippen MR) is 101 cm³/mol. The van der Waals surface area contributed by atoms with Gasteiger partial charge in [-0.25, -0.2) is 0 Å². The lowest BCUT2D eigenvalue weighted by molar-refractivity contribution is -0.117. The van der Waals surface area contributed by atoms with Gasteiger partial charge < -0.3 is 10.4 Å². The zero-order chi connectivity index (χ0) is 17.4. The Kier molecular flexibility index (Phi) is 4.02. The second-order valence-electron chi connectivity index (χ2n) is 6.85. The first kappa shape index (κ1) is 15.9. The zero-order valence-corrected chi connectivity index (χ0v) is 14.2. The molecule has 2 N–H and O–H groups in total. The van der Waals surface area contributed by atoms with Gasteiger partial charge in [-0.1, -0.05) is 54.6 Å². The minimum Gasteiger partial charge on any atom is -0.392 e. The molecule has 3 nitrogen and oxygen atoms in total. The summed E-state index contributed by atoms with van der Waals surface area (Å²) in [6.45, 7) is 1.94. The normalized spacial score (nSPS) is 19.0. The molecule has 0 aliphatic heterocycles. The first-order valence-corrected chi connectivity index (χ1v) is 8.65. The molecule has 1 fully saturated rings. The smallest absolute Gasteiger partial charge is 0.228 e. The highest BCUT2D eigenvalue weighted by molar-refractivity contribution is 5.96. The van der Waals surface area contributed by atoms with Crippen molar-refractivity contribution in [3.8, 4) is 0 Å². The van der Waals surface area contributed by atoms with E-state index in [1.165, 1.54) is 16.3 Å². The van der Waals surface area contributed by atoms with Crippen molar-refractivity contribution < 1.29 is 9.90 Å². The Morgan fingerprint density at radius 2 is 1.88 bits per heavy atom. The van der Waals surface area contributed by atoms with Gasteiger partial charge in [0.25, 0.3) is 0 Å². The Hall–Kier alpha value is -2.65. The van der Waals surface area contributed by atoms with Gasteiger partial charge in [-0.15, -0.1) is 0 Å². The quantitative estimate of drug-likeness (QED) is 0.745. The second-order valence-corrected chi connectivity index (χ2v) is 6.85. The molecule has 2 unspecified atom stereocenters. The number of benzene rings is 3. The van der Waals surface area contributed by atoms with Gasteiger partial charge in [0.1, 0.15) is 0 Å². The fraction of sp³-hybridized carbons (Fsp3) is 0.227. The number of hydrogen-bond donors (Lipinski definition) is 2. The van der Waals surface area contributed by atoms with Gasteiger partial charge in [-0.05, 0) is 52.8 Å². The summed E-state index contributed by atoms with van der Waals surface area (Å²) in [4.78, 5) is 12.6. The molecule has 0 saturated heterocycles. The van der Waals surface area contributed by atoms with E-state index < -0.39 is 0 Å². The Morgan fingerprint density at radius 1 is 1.08 bits per heavy atom. The number of aliphatic hydroxyl groups excluding tert-OH is 1. The van der Waals surface area contributed by atoms with Crippen LogP contribution in [0.25, 0.3) is 10.8 Å². The second kappa shape index (κ2) is 6.34. The molecule has 1 amide bonds. The molecule has 4 rings (SSSR count). The van der Waals surface area contributed by atoms with E-state index in [0.29, 0.717) is 5.92 Å². The third-order valence-corrected chi connectivity index (χ3v) is 5.07. The van der Waals surface area contributed by atoms with Crippen molar-refractivity contribution in [1.82, 2.24) is 0 Å². The Labute approximate surface area is 147 Å². The average Bonchev–Trinajstić information content (AvgIpc) is 3.44. The maximum Gasteiger partial charge on any atom is 0.228 e. The molecule has 1 saturated carbocycles. The van der Waals surface area contributed by atoms with E-state index in [0.717, 1.165) is 23.2 Å². The van der Waals surface area contributed by atoms with Crippen LogP contribution in [0.2, 0.25) is 0 Å². The van der Waals surface area contributed by atoms with Gasteiger partial charge in [0, 0.05) is 11.6 Å². The Balaban J connectivity index is 1.49. The largest absolute Gasteiger partial charge is 0.392 e. The SMILES string of the molecule is Cc1ccc(CO)cc1NC(=O)C1CC1c1ccc2ccccc2c1. The van der Waals surface area contributed by atoms with Crippen LogP contribution >= 0.6 is 0 Å². The van der Waals surface area contributed by atoms with Crippen LogP contribution in [-0.2, 0) is 11.4 Å². The number of anilines is 1. The van der Waals surface area contributed by atoms with Crippen molar-refractivity contribution in [1.29, 1.82) is 0 Å². The summed E-state index contributed by atoms with van der Waals surface area (Å²) in [7, 11) is 0. The van der Waals surface area contributed by atoms with Crippen LogP contribution in [0, 0.1) is 12.8 Å². The maximum atomic E-state index is 12.6. The lowest BCUT2D eigenvalue weighted by Crippen LogP contribution is -2.15. The fourth-order valence-corrected chi connectivity index (χ4v) is 3.42. The number of amides is 1. The molecular formula is C22H21NO2. The van der Waals surface area contributed by atoms with Crippen LogP contribution in [-0.4, -0.2) is 11.0 Å². The maximum absolute atomic E-state index is 12.6. The van der Waals surface area contributed by atoms with E-state index in [-0.39, 0.29) is 18.4 Å². The molecule has 3 aromatic carbocycles. The van der Waals surface area contributed by atoms with Crippen LogP contribution < -0.4 is 5.32 Å². The standard InChI is InChI=1S/C22H21NO2/c1-14-6-7-15(13-24)10-21(14)23-22(25)20-12-19(20)18-9-8-16-4-2-3-5-17(16)11-18/h2-11,19-20,24H,12-13H2,1H3,(H,23,25). The minimum atomic E-state index is -0.0215. The molecule has 25 heavy (non-hydrogen) atoms. The van der Waals surface area contributed by atoms with E-state index in [1.807, 2.05) is 37.3 Å². The molecule has 0 aromatic heterocycles. The molecule has 2 atom stereocenters. The van der Waals surface area contributed by atoms with Crippen molar-refractivity contribution >= 4 is 22.4 Å². The highest BCUT2D eigenvalue weighted by Crippen LogP contribution is 2.48. The molecule has 1 aliphatic carbocycles. The predicted octanol–water partition coefficient (Wildman–Crippen LogP) is 4.38. The van der Waals surface area contributed by atoms with Gasteiger partial charge in [-0.3, -0.25) is 4.79 Å². The van der Waals surface area contributed by atoms with Crippen LogP contribution in [0.5, 0.6) is 0 Å². The van der Waals surface area contributed by atoms with Crippen molar-refractivity contribution in [3.05, 3.63) is 77.4 Å². The van der Waals surface area contributed by atoms with Gasteiger partial charge in [0.05, 0.1) is 6.61 Å². The van der Waals surface area contributed by atoms with Gasteiger partial charge in [0.15, 0.2) is 0 Å². The number of aryl methyl sites for hydroxylation is 1. The third kappa shape index (κ3) is 3.15. The first-order valence-electron chi connectivity index (χ1n) is 8.65. The first-order chi connectivity index (χ1) is 12.2. The van der Waals surface area contributed by atoms with E-state index in [2.05, 4.69) is 35.6 Å². The molecule has 3 heteroatoms. The Bertz CT molecular complexity index is 948. The van der Waals surface area contributed by atoms with Crippen LogP contribution in [0.15, 0.2) is 60.7 Å². The summed E-state index contributed by atoms with van der Waals surface area (Å²) >= 11 is 0. The molecule has 126 valence electrons. The molecule has 0 radical (unpaired) electrons. The van der Waals surface area contributed by atoms with Crippen molar-refractivity contribution in [3.63, 3.8) is 0 Å². The van der Waals surface area contributed by atoms with Crippen LogP contribution in [0.4, 0.5) is 5.69 Å². The monoisotopic (exact) mass is 331 g/mol. The fourth-order valence-electron chi connectivity index (χ4n) is 3.42. The summed E-state index contributed by atoms with van der Waals surface area (Å²) < 4.78 is 0. The number of carbonyl (C=O) groups is 1. The number of nitrogens with one attached hydrogen (secondary N) is 1. The number of aliphatic hydroxyl groups is 1. The molecular weight excluding hydrogens is 310 g/mol.